The lowest BCUT2D eigenvalue weighted by atomic mass is 9.90. The molecule has 0 spiro atoms. The molecule has 1 fully saturated rings. The molecular formula is C17H21NO5. The average Bonchev–Trinajstić information content (AvgIpc) is 2.96. The van der Waals surface area contributed by atoms with Crippen LogP contribution in [-0.4, -0.2) is 48.7 Å². The monoisotopic (exact) mass is 319 g/mol. The number of carboxylic acids is 1. The van der Waals surface area contributed by atoms with Gasteiger partial charge in [0.2, 0.25) is 0 Å². The fourth-order valence-electron chi connectivity index (χ4n) is 2.55. The van der Waals surface area contributed by atoms with Crippen LogP contribution < -0.4 is 9.47 Å². The number of hydrogen-bond donors (Lipinski definition) is 1. The molecule has 1 saturated heterocycles. The molecule has 1 aliphatic rings. The minimum Gasteiger partial charge on any atom is -0.497 e. The summed E-state index contributed by atoms with van der Waals surface area (Å²) in [5.74, 6) is -0.141. The number of benzene rings is 1. The van der Waals surface area contributed by atoms with Gasteiger partial charge in [-0.25, -0.2) is 0 Å². The third kappa shape index (κ3) is 3.47. The highest BCUT2D eigenvalue weighted by atomic mass is 16.5. The van der Waals surface area contributed by atoms with Gasteiger partial charge in [-0.2, -0.15) is 0 Å². The minimum absolute atomic E-state index is 0.189. The predicted molar refractivity (Wildman–Crippen MR) is 84.9 cm³/mol. The maximum absolute atomic E-state index is 12.7. The first-order chi connectivity index (χ1) is 10.9. The maximum atomic E-state index is 12.7. The molecule has 1 aromatic rings. The van der Waals surface area contributed by atoms with Crippen molar-refractivity contribution < 1.29 is 24.2 Å². The fraction of sp³-hybridized carbons (Fsp3) is 0.412. The molecule has 2 rings (SSSR count). The van der Waals surface area contributed by atoms with Crippen LogP contribution in [0.1, 0.15) is 23.7 Å². The Hall–Kier alpha value is -2.50. The normalized spacial score (nSPS) is 20.2. The Kier molecular flexibility index (Phi) is 4.93. The third-order valence-corrected chi connectivity index (χ3v) is 4.05. The summed E-state index contributed by atoms with van der Waals surface area (Å²) in [6.07, 6.45) is 2.03. The number of nitrogens with zero attached hydrogens (tertiary/aromatic N) is 1. The van der Waals surface area contributed by atoms with E-state index in [2.05, 4.69) is 6.58 Å². The highest BCUT2D eigenvalue weighted by Crippen LogP contribution is 2.33. The van der Waals surface area contributed by atoms with E-state index in [-0.39, 0.29) is 19.1 Å². The molecule has 1 unspecified atom stereocenters. The van der Waals surface area contributed by atoms with E-state index in [0.717, 1.165) is 0 Å². The molecule has 1 amide bonds. The van der Waals surface area contributed by atoms with Crippen molar-refractivity contribution in [2.75, 3.05) is 26.8 Å². The molecule has 1 heterocycles. The topological polar surface area (TPSA) is 76.1 Å². The van der Waals surface area contributed by atoms with Gasteiger partial charge in [-0.15, -0.1) is 0 Å². The van der Waals surface area contributed by atoms with Crippen LogP contribution in [0, 0.1) is 5.41 Å². The summed E-state index contributed by atoms with van der Waals surface area (Å²) in [7, 11) is 1.53. The summed E-state index contributed by atoms with van der Waals surface area (Å²) >= 11 is 0. The van der Waals surface area contributed by atoms with Gasteiger partial charge >= 0.3 is 5.97 Å². The Morgan fingerprint density at radius 2 is 2.22 bits per heavy atom. The maximum Gasteiger partial charge on any atom is 0.311 e. The van der Waals surface area contributed by atoms with Crippen molar-refractivity contribution in [1.29, 1.82) is 0 Å². The molecule has 1 N–H and O–H groups in total. The predicted octanol–water partition coefficient (Wildman–Crippen LogP) is 2.20. The minimum atomic E-state index is -0.899. The van der Waals surface area contributed by atoms with Gasteiger partial charge in [0.25, 0.3) is 5.91 Å². The first-order valence-electron chi connectivity index (χ1n) is 7.35. The summed E-state index contributed by atoms with van der Waals surface area (Å²) < 4.78 is 10.7. The third-order valence-electron chi connectivity index (χ3n) is 4.05. The Morgan fingerprint density at radius 1 is 1.48 bits per heavy atom. The van der Waals surface area contributed by atoms with Crippen LogP contribution >= 0.6 is 0 Å². The zero-order valence-corrected chi connectivity index (χ0v) is 13.4. The molecular weight excluding hydrogens is 298 g/mol. The van der Waals surface area contributed by atoms with E-state index in [9.17, 15) is 14.7 Å². The molecule has 6 heteroatoms. The van der Waals surface area contributed by atoms with Crippen LogP contribution in [0.25, 0.3) is 0 Å². The lowest BCUT2D eigenvalue weighted by Gasteiger charge is -2.21. The number of likely N-dealkylation sites (tertiary alicyclic amines) is 1. The van der Waals surface area contributed by atoms with E-state index < -0.39 is 11.4 Å². The number of amides is 1. The van der Waals surface area contributed by atoms with E-state index in [1.807, 2.05) is 0 Å². The van der Waals surface area contributed by atoms with E-state index >= 15 is 0 Å². The molecule has 1 aliphatic heterocycles. The van der Waals surface area contributed by atoms with Crippen LogP contribution in [0.15, 0.2) is 30.9 Å². The summed E-state index contributed by atoms with van der Waals surface area (Å²) in [5, 5.41) is 9.29. The summed E-state index contributed by atoms with van der Waals surface area (Å²) in [5.41, 5.74) is -0.508. The van der Waals surface area contributed by atoms with Gasteiger partial charge in [0.05, 0.1) is 18.1 Å². The van der Waals surface area contributed by atoms with Gasteiger partial charge in [-0.1, -0.05) is 12.7 Å². The summed E-state index contributed by atoms with van der Waals surface area (Å²) in [6.45, 7) is 6.11. The van der Waals surface area contributed by atoms with Crippen molar-refractivity contribution in [2.24, 2.45) is 5.41 Å². The summed E-state index contributed by atoms with van der Waals surface area (Å²) in [6, 6.07) is 4.96. The molecule has 0 aromatic heterocycles. The van der Waals surface area contributed by atoms with E-state index in [1.54, 1.807) is 36.1 Å². The molecule has 1 aromatic carbocycles. The van der Waals surface area contributed by atoms with E-state index in [0.29, 0.717) is 30.0 Å². The van der Waals surface area contributed by atoms with Gasteiger partial charge in [0, 0.05) is 19.2 Å². The number of hydrogen-bond acceptors (Lipinski definition) is 4. The number of ether oxygens (including phenoxy) is 2. The number of aliphatic carboxylic acids is 1. The first kappa shape index (κ1) is 16.9. The molecule has 0 saturated carbocycles. The van der Waals surface area contributed by atoms with Crippen molar-refractivity contribution in [3.8, 4) is 11.5 Å². The smallest absolute Gasteiger partial charge is 0.311 e. The summed E-state index contributed by atoms with van der Waals surface area (Å²) in [4.78, 5) is 25.6. The number of carbonyl (C=O) groups is 2. The Labute approximate surface area is 135 Å². The number of carboxylic acid groups (broad SMARTS) is 1. The van der Waals surface area contributed by atoms with Crippen LogP contribution in [0.5, 0.6) is 11.5 Å². The van der Waals surface area contributed by atoms with Crippen molar-refractivity contribution in [1.82, 2.24) is 4.90 Å². The Balaban J connectivity index is 2.25. The second-order valence-corrected chi connectivity index (χ2v) is 5.80. The number of rotatable bonds is 6. The first-order valence-corrected chi connectivity index (χ1v) is 7.35. The Bertz CT molecular complexity index is 627. The zero-order valence-electron chi connectivity index (χ0n) is 13.4. The van der Waals surface area contributed by atoms with Crippen molar-refractivity contribution >= 4 is 11.9 Å². The van der Waals surface area contributed by atoms with Crippen molar-refractivity contribution in [2.45, 2.75) is 13.3 Å². The van der Waals surface area contributed by atoms with Gasteiger partial charge < -0.3 is 19.5 Å². The molecule has 124 valence electrons. The highest BCUT2D eigenvalue weighted by Gasteiger charge is 2.42. The number of methoxy groups -OCH3 is 1. The molecule has 0 bridgehead atoms. The van der Waals surface area contributed by atoms with Crippen LogP contribution in [0.3, 0.4) is 0 Å². The standard InChI is InChI=1S/C17H21NO5/c1-4-9-23-14-10-12(22-3)5-6-13(14)15(19)18-8-7-17(2,11-18)16(20)21/h4-6,10H,1,7-9,11H2,2-3H3,(H,20,21). The van der Waals surface area contributed by atoms with Gasteiger partial charge in [0.15, 0.2) is 0 Å². The van der Waals surface area contributed by atoms with Crippen LogP contribution in [-0.2, 0) is 4.79 Å². The van der Waals surface area contributed by atoms with E-state index in [4.69, 9.17) is 9.47 Å². The van der Waals surface area contributed by atoms with Crippen molar-refractivity contribution in [3.05, 3.63) is 36.4 Å². The fourth-order valence-corrected chi connectivity index (χ4v) is 2.55. The second kappa shape index (κ2) is 6.73. The quantitative estimate of drug-likeness (QED) is 0.814. The second-order valence-electron chi connectivity index (χ2n) is 5.80. The Morgan fingerprint density at radius 3 is 2.78 bits per heavy atom. The average molecular weight is 319 g/mol. The molecule has 0 aliphatic carbocycles. The van der Waals surface area contributed by atoms with E-state index in [1.165, 1.54) is 7.11 Å². The molecule has 23 heavy (non-hydrogen) atoms. The van der Waals surface area contributed by atoms with Gasteiger partial charge in [0.1, 0.15) is 18.1 Å². The molecule has 0 radical (unpaired) electrons. The SMILES string of the molecule is C=CCOc1cc(OC)ccc1C(=O)N1CCC(C)(C(=O)O)C1. The molecule has 1 atom stereocenters. The van der Waals surface area contributed by atoms with Crippen LogP contribution in [0.4, 0.5) is 0 Å². The number of carbonyl (C=O) groups excluding carboxylic acids is 1. The lowest BCUT2D eigenvalue weighted by molar-refractivity contribution is -0.147. The van der Waals surface area contributed by atoms with Crippen LogP contribution in [0.2, 0.25) is 0 Å². The highest BCUT2D eigenvalue weighted by molar-refractivity contribution is 5.97. The van der Waals surface area contributed by atoms with Gasteiger partial charge in [-0.05, 0) is 25.5 Å². The van der Waals surface area contributed by atoms with Gasteiger partial charge in [-0.3, -0.25) is 9.59 Å². The lowest BCUT2D eigenvalue weighted by Crippen LogP contribution is -2.35. The largest absolute Gasteiger partial charge is 0.497 e. The molecule has 6 nitrogen and oxygen atoms in total. The van der Waals surface area contributed by atoms with Crippen molar-refractivity contribution in [3.63, 3.8) is 0 Å². The zero-order chi connectivity index (χ0) is 17.0.